The van der Waals surface area contributed by atoms with E-state index in [1.165, 1.54) is 16.8 Å². The van der Waals surface area contributed by atoms with Crippen molar-refractivity contribution in [1.82, 2.24) is 15.0 Å². The second-order valence-electron chi connectivity index (χ2n) is 3.35. The van der Waals surface area contributed by atoms with E-state index in [0.29, 0.717) is 11.4 Å². The number of hydrogen-bond donors (Lipinski definition) is 0. The number of halogens is 3. The van der Waals surface area contributed by atoms with Crippen LogP contribution in [-0.4, -0.2) is 15.0 Å². The lowest BCUT2D eigenvalue weighted by molar-refractivity contribution is -0.137. The van der Waals surface area contributed by atoms with E-state index in [9.17, 15) is 13.2 Å². The summed E-state index contributed by atoms with van der Waals surface area (Å²) in [6.45, 7) is 1.76. The molecule has 0 saturated heterocycles. The highest BCUT2D eigenvalue weighted by Crippen LogP contribution is 2.29. The molecule has 1 aromatic carbocycles. The van der Waals surface area contributed by atoms with Gasteiger partial charge in [-0.3, -0.25) is 0 Å². The molecule has 0 aliphatic rings. The highest BCUT2D eigenvalue weighted by Gasteiger charge is 2.29. The molecule has 2 aromatic rings. The van der Waals surface area contributed by atoms with E-state index in [-0.39, 0.29) is 0 Å². The summed E-state index contributed by atoms with van der Waals surface area (Å²) in [6, 6.07) is 4.76. The fourth-order valence-electron chi connectivity index (χ4n) is 1.28. The number of nitrogens with zero attached hydrogens (tertiary/aromatic N) is 3. The van der Waals surface area contributed by atoms with Gasteiger partial charge in [0.25, 0.3) is 0 Å². The van der Waals surface area contributed by atoms with Gasteiger partial charge >= 0.3 is 6.18 Å². The fraction of sp³-hybridized carbons (Fsp3) is 0.200. The maximum absolute atomic E-state index is 12.3. The largest absolute Gasteiger partial charge is 0.416 e. The smallest absolute Gasteiger partial charge is 0.220 e. The van der Waals surface area contributed by atoms with Crippen LogP contribution < -0.4 is 0 Å². The van der Waals surface area contributed by atoms with Crippen LogP contribution in [0.15, 0.2) is 30.5 Å². The molecule has 2 rings (SSSR count). The first-order valence-electron chi connectivity index (χ1n) is 4.53. The number of aryl methyl sites for hydroxylation is 1. The van der Waals surface area contributed by atoms with Crippen LogP contribution in [0.4, 0.5) is 13.2 Å². The van der Waals surface area contributed by atoms with E-state index in [0.717, 1.165) is 12.1 Å². The van der Waals surface area contributed by atoms with Crippen molar-refractivity contribution in [3.05, 3.63) is 41.7 Å². The van der Waals surface area contributed by atoms with Gasteiger partial charge in [0.2, 0.25) is 0 Å². The molecule has 0 atom stereocenters. The maximum Gasteiger partial charge on any atom is 0.416 e. The molecule has 3 nitrogen and oxygen atoms in total. The Labute approximate surface area is 89.5 Å². The highest BCUT2D eigenvalue weighted by molar-refractivity contribution is 5.34. The molecular weight excluding hydrogens is 219 g/mol. The number of benzene rings is 1. The molecule has 16 heavy (non-hydrogen) atoms. The summed E-state index contributed by atoms with van der Waals surface area (Å²) in [7, 11) is 0. The van der Waals surface area contributed by atoms with Gasteiger partial charge < -0.3 is 0 Å². The quantitative estimate of drug-likeness (QED) is 0.749. The lowest BCUT2D eigenvalue weighted by Gasteiger charge is -2.06. The van der Waals surface area contributed by atoms with Crippen molar-refractivity contribution in [3.8, 4) is 5.69 Å². The van der Waals surface area contributed by atoms with E-state index in [2.05, 4.69) is 10.3 Å². The summed E-state index contributed by atoms with van der Waals surface area (Å²) in [5, 5.41) is 7.52. The molecule has 0 amide bonds. The van der Waals surface area contributed by atoms with Crippen molar-refractivity contribution < 1.29 is 13.2 Å². The minimum Gasteiger partial charge on any atom is -0.220 e. The topological polar surface area (TPSA) is 30.7 Å². The SMILES string of the molecule is Cc1cn(-c2ccc(C(F)(F)F)cc2)nn1. The van der Waals surface area contributed by atoms with E-state index < -0.39 is 11.7 Å². The summed E-state index contributed by atoms with van der Waals surface area (Å²) in [5.41, 5.74) is 0.585. The van der Waals surface area contributed by atoms with Crippen LogP contribution in [0.5, 0.6) is 0 Å². The number of alkyl halides is 3. The highest BCUT2D eigenvalue weighted by atomic mass is 19.4. The van der Waals surface area contributed by atoms with Crippen molar-refractivity contribution in [2.75, 3.05) is 0 Å². The molecule has 0 aliphatic heterocycles. The Morgan fingerprint density at radius 1 is 1.12 bits per heavy atom. The van der Waals surface area contributed by atoms with Gasteiger partial charge in [-0.2, -0.15) is 13.2 Å². The Morgan fingerprint density at radius 3 is 2.19 bits per heavy atom. The molecule has 0 unspecified atom stereocenters. The van der Waals surface area contributed by atoms with E-state index in [1.54, 1.807) is 13.1 Å². The molecule has 0 fully saturated rings. The third-order valence-electron chi connectivity index (χ3n) is 2.07. The van der Waals surface area contributed by atoms with Crippen LogP contribution in [0.2, 0.25) is 0 Å². The first-order chi connectivity index (χ1) is 7.47. The Kier molecular flexibility index (Phi) is 2.41. The van der Waals surface area contributed by atoms with Gasteiger partial charge in [-0.25, -0.2) is 4.68 Å². The molecule has 0 radical (unpaired) electrons. The van der Waals surface area contributed by atoms with Gasteiger partial charge in [-0.15, -0.1) is 5.10 Å². The predicted molar refractivity (Wildman–Crippen MR) is 51.1 cm³/mol. The Hall–Kier alpha value is -1.85. The number of aromatic nitrogens is 3. The van der Waals surface area contributed by atoms with Crippen molar-refractivity contribution in [3.63, 3.8) is 0 Å². The third-order valence-corrected chi connectivity index (χ3v) is 2.07. The molecule has 6 heteroatoms. The molecule has 0 N–H and O–H groups in total. The summed E-state index contributed by atoms with van der Waals surface area (Å²) < 4.78 is 38.3. The Bertz CT molecular complexity index is 485. The van der Waals surface area contributed by atoms with Crippen LogP contribution in [-0.2, 0) is 6.18 Å². The van der Waals surface area contributed by atoms with Gasteiger partial charge in [0.15, 0.2) is 0 Å². The van der Waals surface area contributed by atoms with Crippen LogP contribution in [0, 0.1) is 6.92 Å². The predicted octanol–water partition coefficient (Wildman–Crippen LogP) is 2.59. The third kappa shape index (κ3) is 2.05. The minimum absolute atomic E-state index is 0.550. The van der Waals surface area contributed by atoms with Gasteiger partial charge in [0.05, 0.1) is 23.1 Å². The lowest BCUT2D eigenvalue weighted by atomic mass is 10.2. The molecule has 1 aromatic heterocycles. The first-order valence-corrected chi connectivity index (χ1v) is 4.53. The van der Waals surface area contributed by atoms with Gasteiger partial charge in [0, 0.05) is 0 Å². The summed E-state index contributed by atoms with van der Waals surface area (Å²) >= 11 is 0. The lowest BCUT2D eigenvalue weighted by Crippen LogP contribution is -2.05. The van der Waals surface area contributed by atoms with Crippen molar-refractivity contribution in [2.24, 2.45) is 0 Å². The molecule has 0 saturated carbocycles. The van der Waals surface area contributed by atoms with Crippen molar-refractivity contribution in [1.29, 1.82) is 0 Å². The van der Waals surface area contributed by atoms with Gasteiger partial charge in [-0.1, -0.05) is 5.21 Å². The molecule has 0 spiro atoms. The van der Waals surface area contributed by atoms with E-state index >= 15 is 0 Å². The molecule has 84 valence electrons. The average molecular weight is 227 g/mol. The number of hydrogen-bond acceptors (Lipinski definition) is 2. The first kappa shape index (κ1) is 10.7. The second-order valence-corrected chi connectivity index (χ2v) is 3.35. The zero-order valence-corrected chi connectivity index (χ0v) is 8.36. The minimum atomic E-state index is -4.31. The Morgan fingerprint density at radius 2 is 1.75 bits per heavy atom. The fourth-order valence-corrected chi connectivity index (χ4v) is 1.28. The molecular formula is C10H8F3N3. The standard InChI is InChI=1S/C10H8F3N3/c1-7-6-16(15-14-7)9-4-2-8(3-5-9)10(11,12)13/h2-6H,1H3. The number of rotatable bonds is 1. The Balaban J connectivity index is 2.33. The molecule has 0 aliphatic carbocycles. The second kappa shape index (κ2) is 3.62. The van der Waals surface area contributed by atoms with Gasteiger partial charge in [-0.05, 0) is 31.2 Å². The van der Waals surface area contributed by atoms with Crippen LogP contribution in [0.25, 0.3) is 5.69 Å². The zero-order valence-electron chi connectivity index (χ0n) is 8.36. The molecule has 1 heterocycles. The summed E-state index contributed by atoms with van der Waals surface area (Å²) in [4.78, 5) is 0. The van der Waals surface area contributed by atoms with Crippen LogP contribution >= 0.6 is 0 Å². The summed E-state index contributed by atoms with van der Waals surface area (Å²) in [6.07, 6.45) is -2.67. The van der Waals surface area contributed by atoms with E-state index in [4.69, 9.17) is 0 Å². The van der Waals surface area contributed by atoms with Crippen molar-refractivity contribution in [2.45, 2.75) is 13.1 Å². The van der Waals surface area contributed by atoms with Crippen LogP contribution in [0.1, 0.15) is 11.3 Å². The van der Waals surface area contributed by atoms with Crippen molar-refractivity contribution >= 4 is 0 Å². The van der Waals surface area contributed by atoms with Crippen LogP contribution in [0.3, 0.4) is 0 Å². The van der Waals surface area contributed by atoms with E-state index in [1.807, 2.05) is 0 Å². The monoisotopic (exact) mass is 227 g/mol. The van der Waals surface area contributed by atoms with Gasteiger partial charge in [0.1, 0.15) is 0 Å². The zero-order chi connectivity index (χ0) is 11.8. The normalized spacial score (nSPS) is 11.8. The average Bonchev–Trinajstić information content (AvgIpc) is 2.64. The molecule has 0 bridgehead atoms. The summed E-state index contributed by atoms with van der Waals surface area (Å²) in [5.74, 6) is 0. The maximum atomic E-state index is 12.3.